The highest BCUT2D eigenvalue weighted by atomic mass is 35.5. The molecule has 2 aromatic carbocycles. The Labute approximate surface area is 206 Å². The van der Waals surface area contributed by atoms with Gasteiger partial charge in [-0.05, 0) is 60.0 Å². The quantitative estimate of drug-likeness (QED) is 0.551. The van der Waals surface area contributed by atoms with Crippen LogP contribution >= 0.6 is 11.6 Å². The first-order valence-electron chi connectivity index (χ1n) is 11.4. The molecular formula is C26H24ClF3N4O. The molecule has 1 aromatic heterocycles. The van der Waals surface area contributed by atoms with Crippen molar-refractivity contribution >= 4 is 28.9 Å². The average molecular weight is 501 g/mol. The SMILES string of the molecule is O=C(NCc1ccncc1)C1Cc2cc(C(F)(F)F)ccc2N2CCN(c3ccccc3Cl)CC12. The summed E-state index contributed by atoms with van der Waals surface area (Å²) in [6.45, 7) is 2.08. The van der Waals surface area contributed by atoms with Crippen LogP contribution in [0, 0.1) is 5.92 Å². The number of amides is 1. The van der Waals surface area contributed by atoms with Crippen molar-refractivity contribution in [1.29, 1.82) is 0 Å². The van der Waals surface area contributed by atoms with E-state index < -0.39 is 17.7 Å². The summed E-state index contributed by atoms with van der Waals surface area (Å²) in [5, 5.41) is 3.61. The zero-order valence-electron chi connectivity index (χ0n) is 18.8. The second-order valence-corrected chi connectivity index (χ2v) is 9.29. The standard InChI is InChI=1S/C26H24ClF3N4O/c27-21-3-1-2-4-23(21)33-11-12-34-22-6-5-19(26(28,29)30)13-18(22)14-20(24(34)16-33)25(35)32-15-17-7-9-31-10-8-17/h1-10,13,20,24H,11-12,14-16H2,(H,32,35). The topological polar surface area (TPSA) is 48.5 Å². The summed E-state index contributed by atoms with van der Waals surface area (Å²) in [7, 11) is 0. The highest BCUT2D eigenvalue weighted by molar-refractivity contribution is 6.33. The predicted octanol–water partition coefficient (Wildman–Crippen LogP) is 4.94. The molecule has 9 heteroatoms. The monoisotopic (exact) mass is 500 g/mol. The van der Waals surface area contributed by atoms with Crippen molar-refractivity contribution < 1.29 is 18.0 Å². The lowest BCUT2D eigenvalue weighted by Gasteiger charge is -2.50. The first-order chi connectivity index (χ1) is 16.8. The van der Waals surface area contributed by atoms with Gasteiger partial charge in [0, 0.05) is 44.3 Å². The van der Waals surface area contributed by atoms with E-state index in [1.807, 2.05) is 36.4 Å². The molecule has 2 atom stereocenters. The van der Waals surface area contributed by atoms with Crippen LogP contribution in [-0.2, 0) is 23.9 Å². The first kappa shape index (κ1) is 23.5. The summed E-state index contributed by atoms with van der Waals surface area (Å²) >= 11 is 6.44. The van der Waals surface area contributed by atoms with E-state index in [9.17, 15) is 18.0 Å². The fourth-order valence-corrected chi connectivity index (χ4v) is 5.30. The van der Waals surface area contributed by atoms with Gasteiger partial charge in [-0.3, -0.25) is 9.78 Å². The third-order valence-corrected chi connectivity index (χ3v) is 7.10. The number of para-hydroxylation sites is 1. The number of hydrogen-bond acceptors (Lipinski definition) is 4. The number of carbonyl (C=O) groups excluding carboxylic acids is 1. The second kappa shape index (κ2) is 9.41. The van der Waals surface area contributed by atoms with Gasteiger partial charge < -0.3 is 15.1 Å². The van der Waals surface area contributed by atoms with Gasteiger partial charge in [0.05, 0.1) is 28.2 Å². The lowest BCUT2D eigenvalue weighted by molar-refractivity contribution is -0.137. The predicted molar refractivity (Wildman–Crippen MR) is 130 cm³/mol. The number of nitrogens with one attached hydrogen (secondary N) is 1. The Bertz CT molecular complexity index is 1220. The molecule has 0 bridgehead atoms. The Morgan fingerprint density at radius 1 is 1.06 bits per heavy atom. The Morgan fingerprint density at radius 2 is 1.83 bits per heavy atom. The Kier molecular flexibility index (Phi) is 6.32. The summed E-state index contributed by atoms with van der Waals surface area (Å²) in [5.74, 6) is -0.695. The van der Waals surface area contributed by atoms with Crippen molar-refractivity contribution in [3.05, 3.63) is 88.7 Å². The number of fused-ring (bicyclic) bond motifs is 3. The molecule has 1 fully saturated rings. The number of anilines is 2. The molecule has 3 heterocycles. The van der Waals surface area contributed by atoms with Gasteiger partial charge in [-0.1, -0.05) is 23.7 Å². The van der Waals surface area contributed by atoms with Gasteiger partial charge in [-0.25, -0.2) is 0 Å². The van der Waals surface area contributed by atoms with E-state index in [1.165, 1.54) is 6.07 Å². The van der Waals surface area contributed by atoms with Crippen molar-refractivity contribution in [2.24, 2.45) is 5.92 Å². The number of rotatable bonds is 4. The maximum Gasteiger partial charge on any atom is 0.416 e. The highest BCUT2D eigenvalue weighted by Gasteiger charge is 2.43. The number of piperazine rings is 1. The molecule has 5 nitrogen and oxygen atoms in total. The first-order valence-corrected chi connectivity index (χ1v) is 11.8. The van der Waals surface area contributed by atoms with Crippen LogP contribution in [0.5, 0.6) is 0 Å². The minimum Gasteiger partial charge on any atom is -0.366 e. The minimum absolute atomic E-state index is 0.180. The maximum atomic E-state index is 13.4. The molecule has 35 heavy (non-hydrogen) atoms. The fourth-order valence-electron chi connectivity index (χ4n) is 5.05. The normalized spacial score (nSPS) is 19.7. The number of aromatic nitrogens is 1. The summed E-state index contributed by atoms with van der Waals surface area (Å²) in [4.78, 5) is 21.6. The van der Waals surface area contributed by atoms with E-state index in [2.05, 4.69) is 20.1 Å². The molecular weight excluding hydrogens is 477 g/mol. The molecule has 182 valence electrons. The molecule has 2 aliphatic heterocycles. The second-order valence-electron chi connectivity index (χ2n) is 8.88. The van der Waals surface area contributed by atoms with E-state index >= 15 is 0 Å². The van der Waals surface area contributed by atoms with Gasteiger partial charge in [0.1, 0.15) is 0 Å². The summed E-state index contributed by atoms with van der Waals surface area (Å²) in [6, 6.07) is 14.8. The van der Waals surface area contributed by atoms with E-state index in [0.717, 1.165) is 23.0 Å². The van der Waals surface area contributed by atoms with E-state index in [0.29, 0.717) is 36.8 Å². The molecule has 1 amide bonds. The van der Waals surface area contributed by atoms with E-state index in [4.69, 9.17) is 11.6 Å². The molecule has 0 saturated carbocycles. The molecule has 3 aromatic rings. The number of carbonyl (C=O) groups is 1. The van der Waals surface area contributed by atoms with Crippen LogP contribution in [0.1, 0.15) is 16.7 Å². The van der Waals surface area contributed by atoms with Crippen LogP contribution in [0.3, 0.4) is 0 Å². The smallest absolute Gasteiger partial charge is 0.366 e. The summed E-state index contributed by atoms with van der Waals surface area (Å²) in [6.07, 6.45) is -0.893. The number of nitrogens with zero attached hydrogens (tertiary/aromatic N) is 3. The van der Waals surface area contributed by atoms with Crippen molar-refractivity contribution in [2.75, 3.05) is 29.4 Å². The molecule has 1 N–H and O–H groups in total. The molecule has 0 aliphatic carbocycles. The van der Waals surface area contributed by atoms with Crippen LogP contribution in [0.15, 0.2) is 67.0 Å². The lowest BCUT2D eigenvalue weighted by Crippen LogP contribution is -2.61. The molecule has 2 unspecified atom stereocenters. The van der Waals surface area contributed by atoms with Gasteiger partial charge in [0.2, 0.25) is 5.91 Å². The van der Waals surface area contributed by atoms with Crippen molar-refractivity contribution in [1.82, 2.24) is 10.3 Å². The van der Waals surface area contributed by atoms with E-state index in [1.54, 1.807) is 18.5 Å². The fraction of sp³-hybridized carbons (Fsp3) is 0.308. The number of alkyl halides is 3. The zero-order valence-corrected chi connectivity index (χ0v) is 19.6. The van der Waals surface area contributed by atoms with Crippen LogP contribution in [0.4, 0.5) is 24.5 Å². The molecule has 0 spiro atoms. The van der Waals surface area contributed by atoms with Gasteiger partial charge >= 0.3 is 6.18 Å². The minimum atomic E-state index is -4.44. The van der Waals surface area contributed by atoms with Gasteiger partial charge in [0.25, 0.3) is 0 Å². The number of hydrogen-bond donors (Lipinski definition) is 1. The molecule has 0 radical (unpaired) electrons. The van der Waals surface area contributed by atoms with Crippen LogP contribution in [-0.4, -0.2) is 36.6 Å². The summed E-state index contributed by atoms with van der Waals surface area (Å²) < 4.78 is 40.2. The Hall–Kier alpha value is -3.26. The van der Waals surface area contributed by atoms with E-state index in [-0.39, 0.29) is 18.4 Å². The van der Waals surface area contributed by atoms with Gasteiger partial charge in [-0.15, -0.1) is 0 Å². The van der Waals surface area contributed by atoms with Gasteiger partial charge in [-0.2, -0.15) is 13.2 Å². The molecule has 5 rings (SSSR count). The Morgan fingerprint density at radius 3 is 2.57 bits per heavy atom. The van der Waals surface area contributed by atoms with Crippen LogP contribution in [0.25, 0.3) is 0 Å². The number of benzene rings is 2. The third-order valence-electron chi connectivity index (χ3n) is 6.79. The van der Waals surface area contributed by atoms with Crippen LogP contribution < -0.4 is 15.1 Å². The lowest BCUT2D eigenvalue weighted by atomic mass is 9.82. The number of pyridine rings is 1. The Balaban J connectivity index is 1.45. The zero-order chi connectivity index (χ0) is 24.6. The maximum absolute atomic E-state index is 13.4. The average Bonchev–Trinajstić information content (AvgIpc) is 2.86. The van der Waals surface area contributed by atoms with Gasteiger partial charge in [0.15, 0.2) is 0 Å². The van der Waals surface area contributed by atoms with Crippen molar-refractivity contribution in [2.45, 2.75) is 25.2 Å². The highest BCUT2D eigenvalue weighted by Crippen LogP contribution is 2.40. The van der Waals surface area contributed by atoms with Crippen molar-refractivity contribution in [3.63, 3.8) is 0 Å². The molecule has 1 saturated heterocycles. The summed E-state index contributed by atoms with van der Waals surface area (Å²) in [5.41, 5.74) is 2.41. The number of halogens is 4. The van der Waals surface area contributed by atoms with Crippen molar-refractivity contribution in [3.8, 4) is 0 Å². The molecule has 2 aliphatic rings. The largest absolute Gasteiger partial charge is 0.416 e. The third kappa shape index (κ3) is 4.80. The van der Waals surface area contributed by atoms with Crippen LogP contribution in [0.2, 0.25) is 5.02 Å².